The Hall–Kier alpha value is -2.25. The van der Waals surface area contributed by atoms with Crippen molar-refractivity contribution in [3.8, 4) is 5.75 Å². The van der Waals surface area contributed by atoms with Gasteiger partial charge in [0.2, 0.25) is 15.9 Å². The lowest BCUT2D eigenvalue weighted by atomic mass is 10.1. The summed E-state index contributed by atoms with van der Waals surface area (Å²) in [4.78, 5) is 12.6. The van der Waals surface area contributed by atoms with Gasteiger partial charge in [-0.15, -0.1) is 0 Å². The molecule has 0 aromatic heterocycles. The maximum Gasteiger partial charge on any atom is 0.243 e. The standard InChI is InChI=1S/C20H25ClN2O4S/c1-14-5-6-15(2)19(13-14)23(28(4,25)26)16(3)20(24)22-11-12-27-18-9-7-17(21)8-10-18/h5-10,13,16H,11-12H2,1-4H3,(H,22,24). The molecule has 0 saturated carbocycles. The van der Waals surface area contributed by atoms with Crippen LogP contribution in [0.3, 0.4) is 0 Å². The molecule has 0 radical (unpaired) electrons. The van der Waals surface area contributed by atoms with E-state index in [1.807, 2.05) is 26.0 Å². The molecule has 0 aliphatic carbocycles. The number of carbonyl (C=O) groups is 1. The molecule has 1 amide bonds. The molecule has 1 unspecified atom stereocenters. The first kappa shape index (κ1) is 22.0. The van der Waals surface area contributed by atoms with Crippen LogP contribution in [0.15, 0.2) is 42.5 Å². The number of carbonyl (C=O) groups excluding carboxylic acids is 1. The second-order valence-corrected chi connectivity index (χ2v) is 8.91. The minimum atomic E-state index is -3.65. The van der Waals surface area contributed by atoms with Crippen LogP contribution in [0.25, 0.3) is 0 Å². The highest BCUT2D eigenvalue weighted by molar-refractivity contribution is 7.92. The van der Waals surface area contributed by atoms with Gasteiger partial charge in [0.05, 0.1) is 18.5 Å². The summed E-state index contributed by atoms with van der Waals surface area (Å²) in [6, 6.07) is 11.5. The van der Waals surface area contributed by atoms with Gasteiger partial charge in [0.25, 0.3) is 0 Å². The molecular formula is C20H25ClN2O4S. The number of ether oxygens (including phenoxy) is 1. The van der Waals surface area contributed by atoms with Crippen LogP contribution in [0.2, 0.25) is 5.02 Å². The molecule has 0 spiro atoms. The van der Waals surface area contributed by atoms with Gasteiger partial charge in [0.1, 0.15) is 18.4 Å². The zero-order chi connectivity index (χ0) is 20.9. The Labute approximate surface area is 171 Å². The summed E-state index contributed by atoms with van der Waals surface area (Å²) in [5, 5.41) is 3.34. The van der Waals surface area contributed by atoms with Crippen molar-refractivity contribution in [1.82, 2.24) is 5.32 Å². The Morgan fingerprint density at radius 2 is 1.82 bits per heavy atom. The van der Waals surface area contributed by atoms with Gasteiger partial charge in [-0.2, -0.15) is 0 Å². The topological polar surface area (TPSA) is 75.7 Å². The van der Waals surface area contributed by atoms with Gasteiger partial charge in [-0.1, -0.05) is 23.7 Å². The summed E-state index contributed by atoms with van der Waals surface area (Å²) >= 11 is 5.82. The molecule has 0 bridgehead atoms. The molecule has 2 aromatic rings. The quantitative estimate of drug-likeness (QED) is 0.659. The van der Waals surface area contributed by atoms with Crippen molar-refractivity contribution < 1.29 is 17.9 Å². The predicted octanol–water partition coefficient (Wildman–Crippen LogP) is 3.31. The van der Waals surface area contributed by atoms with Crippen LogP contribution >= 0.6 is 11.6 Å². The van der Waals surface area contributed by atoms with E-state index in [1.54, 1.807) is 37.3 Å². The lowest BCUT2D eigenvalue weighted by Crippen LogP contribution is -2.48. The fourth-order valence-corrected chi connectivity index (χ4v) is 4.11. The fraction of sp³-hybridized carbons (Fsp3) is 0.350. The van der Waals surface area contributed by atoms with E-state index in [2.05, 4.69) is 5.32 Å². The third-order valence-corrected chi connectivity index (χ3v) is 5.65. The molecule has 0 heterocycles. The number of rotatable bonds is 8. The maximum absolute atomic E-state index is 12.6. The highest BCUT2D eigenvalue weighted by Crippen LogP contribution is 2.26. The third kappa shape index (κ3) is 5.87. The number of nitrogens with zero attached hydrogens (tertiary/aromatic N) is 1. The van der Waals surface area contributed by atoms with E-state index in [1.165, 1.54) is 0 Å². The summed E-state index contributed by atoms with van der Waals surface area (Å²) in [6.07, 6.45) is 1.10. The number of sulfonamides is 1. The minimum Gasteiger partial charge on any atom is -0.492 e. The summed E-state index contributed by atoms with van der Waals surface area (Å²) in [5.74, 6) is 0.242. The number of halogens is 1. The molecule has 1 N–H and O–H groups in total. The monoisotopic (exact) mass is 424 g/mol. The highest BCUT2D eigenvalue weighted by atomic mass is 35.5. The Balaban J connectivity index is 2.03. The number of benzene rings is 2. The van der Waals surface area contributed by atoms with E-state index in [4.69, 9.17) is 16.3 Å². The van der Waals surface area contributed by atoms with E-state index >= 15 is 0 Å². The summed E-state index contributed by atoms with van der Waals surface area (Å²) < 4.78 is 31.5. The van der Waals surface area contributed by atoms with E-state index in [0.29, 0.717) is 16.5 Å². The molecule has 28 heavy (non-hydrogen) atoms. The number of nitrogens with one attached hydrogen (secondary N) is 1. The zero-order valence-electron chi connectivity index (χ0n) is 16.4. The molecule has 6 nitrogen and oxygen atoms in total. The fourth-order valence-electron chi connectivity index (χ4n) is 2.76. The highest BCUT2D eigenvalue weighted by Gasteiger charge is 2.30. The Morgan fingerprint density at radius 3 is 2.43 bits per heavy atom. The van der Waals surface area contributed by atoms with Crippen LogP contribution in [0.4, 0.5) is 5.69 Å². The van der Waals surface area contributed by atoms with Crippen molar-refractivity contribution >= 4 is 33.2 Å². The smallest absolute Gasteiger partial charge is 0.243 e. The molecule has 0 aliphatic heterocycles. The molecule has 152 valence electrons. The van der Waals surface area contributed by atoms with Gasteiger partial charge < -0.3 is 10.1 Å². The van der Waals surface area contributed by atoms with Crippen molar-refractivity contribution in [3.63, 3.8) is 0 Å². The average Bonchev–Trinajstić information content (AvgIpc) is 2.62. The molecule has 0 aliphatic rings. The molecule has 1 atom stereocenters. The number of hydrogen-bond acceptors (Lipinski definition) is 4. The van der Waals surface area contributed by atoms with Crippen LogP contribution in [0.5, 0.6) is 5.75 Å². The van der Waals surface area contributed by atoms with E-state index in [-0.39, 0.29) is 13.2 Å². The van der Waals surface area contributed by atoms with Gasteiger partial charge in [-0.25, -0.2) is 8.42 Å². The molecule has 2 rings (SSSR count). The van der Waals surface area contributed by atoms with Gasteiger partial charge >= 0.3 is 0 Å². The Morgan fingerprint density at radius 1 is 1.18 bits per heavy atom. The zero-order valence-corrected chi connectivity index (χ0v) is 18.0. The molecule has 0 saturated heterocycles. The first-order valence-corrected chi connectivity index (χ1v) is 11.0. The Bertz CT molecular complexity index is 930. The van der Waals surface area contributed by atoms with E-state index in [9.17, 15) is 13.2 Å². The number of aryl methyl sites for hydroxylation is 2. The molecule has 2 aromatic carbocycles. The minimum absolute atomic E-state index is 0.246. The first-order valence-electron chi connectivity index (χ1n) is 8.82. The number of anilines is 1. The summed E-state index contributed by atoms with van der Waals surface area (Å²) in [5.41, 5.74) is 2.20. The van der Waals surface area contributed by atoms with Gasteiger partial charge in [0.15, 0.2) is 0 Å². The first-order chi connectivity index (χ1) is 13.1. The normalized spacial score (nSPS) is 12.3. The van der Waals surface area contributed by atoms with Gasteiger partial charge in [-0.3, -0.25) is 9.10 Å². The van der Waals surface area contributed by atoms with Crippen LogP contribution in [-0.4, -0.2) is 39.8 Å². The van der Waals surface area contributed by atoms with E-state index in [0.717, 1.165) is 21.7 Å². The van der Waals surface area contributed by atoms with Crippen molar-refractivity contribution in [2.24, 2.45) is 0 Å². The Kier molecular flexibility index (Phi) is 7.32. The predicted molar refractivity (Wildman–Crippen MR) is 113 cm³/mol. The van der Waals surface area contributed by atoms with E-state index < -0.39 is 22.0 Å². The van der Waals surface area contributed by atoms with Crippen LogP contribution in [0, 0.1) is 13.8 Å². The van der Waals surface area contributed by atoms with Crippen LogP contribution in [-0.2, 0) is 14.8 Å². The maximum atomic E-state index is 12.6. The summed E-state index contributed by atoms with van der Waals surface area (Å²) in [7, 11) is -3.65. The van der Waals surface area contributed by atoms with Gasteiger partial charge in [0, 0.05) is 5.02 Å². The van der Waals surface area contributed by atoms with Crippen molar-refractivity contribution in [2.75, 3.05) is 23.7 Å². The van der Waals surface area contributed by atoms with Gasteiger partial charge in [-0.05, 0) is 62.2 Å². The molecular weight excluding hydrogens is 400 g/mol. The van der Waals surface area contributed by atoms with Crippen molar-refractivity contribution in [2.45, 2.75) is 26.8 Å². The molecule has 0 fully saturated rings. The largest absolute Gasteiger partial charge is 0.492 e. The summed E-state index contributed by atoms with van der Waals surface area (Å²) in [6.45, 7) is 5.76. The van der Waals surface area contributed by atoms with Crippen LogP contribution in [0.1, 0.15) is 18.1 Å². The lowest BCUT2D eigenvalue weighted by molar-refractivity contribution is -0.121. The average molecular weight is 425 g/mol. The second kappa shape index (κ2) is 9.30. The van der Waals surface area contributed by atoms with Crippen LogP contribution < -0.4 is 14.4 Å². The SMILES string of the molecule is Cc1ccc(C)c(N(C(C)C(=O)NCCOc2ccc(Cl)cc2)S(C)(=O)=O)c1. The third-order valence-electron chi connectivity index (χ3n) is 4.17. The van der Waals surface area contributed by atoms with Crippen molar-refractivity contribution in [1.29, 1.82) is 0 Å². The molecule has 8 heteroatoms. The van der Waals surface area contributed by atoms with Crippen molar-refractivity contribution in [3.05, 3.63) is 58.6 Å². The number of hydrogen-bond donors (Lipinski definition) is 1. The second-order valence-electron chi connectivity index (χ2n) is 6.62. The lowest BCUT2D eigenvalue weighted by Gasteiger charge is -2.29. The number of amides is 1.